The minimum absolute atomic E-state index is 0.0649. The number of hydrogen-bond acceptors (Lipinski definition) is 6. The van der Waals surface area contributed by atoms with E-state index in [0.717, 1.165) is 30.3 Å². The van der Waals surface area contributed by atoms with Crippen LogP contribution in [0.2, 0.25) is 0 Å². The summed E-state index contributed by atoms with van der Waals surface area (Å²) in [4.78, 5) is 12.9. The molecular weight excluding hydrogens is 414 g/mol. The predicted molar refractivity (Wildman–Crippen MR) is 130 cm³/mol. The maximum Gasteiger partial charge on any atom is 0.160 e. The molecule has 0 saturated heterocycles. The molecule has 0 aliphatic heterocycles. The normalized spacial score (nSPS) is 18.8. The van der Waals surface area contributed by atoms with Gasteiger partial charge < -0.3 is 20.1 Å². The highest BCUT2D eigenvalue weighted by Gasteiger charge is 2.32. The molecule has 0 spiro atoms. The quantitative estimate of drug-likeness (QED) is 0.337. The highest BCUT2D eigenvalue weighted by Crippen LogP contribution is 2.37. The molecule has 7 heteroatoms. The van der Waals surface area contributed by atoms with E-state index in [0.29, 0.717) is 5.82 Å². The first kappa shape index (κ1) is 21.6. The fourth-order valence-corrected chi connectivity index (χ4v) is 4.89. The van der Waals surface area contributed by atoms with Crippen LogP contribution in [-0.4, -0.2) is 36.5 Å². The molecule has 3 N–H and O–H groups in total. The van der Waals surface area contributed by atoms with Crippen molar-refractivity contribution in [3.63, 3.8) is 0 Å². The minimum atomic E-state index is -1.22. The van der Waals surface area contributed by atoms with Gasteiger partial charge in [-0.2, -0.15) is 0 Å². The molecule has 0 fully saturated rings. The van der Waals surface area contributed by atoms with Gasteiger partial charge in [0.25, 0.3) is 0 Å². The molecule has 5 rings (SSSR count). The zero-order valence-corrected chi connectivity index (χ0v) is 19.2. The molecule has 0 saturated carbocycles. The average molecular weight is 444 g/mol. The van der Waals surface area contributed by atoms with Gasteiger partial charge in [-0.05, 0) is 62.3 Å². The first-order valence-electron chi connectivity index (χ1n) is 11.3. The third-order valence-corrected chi connectivity index (χ3v) is 6.27. The van der Waals surface area contributed by atoms with Crippen LogP contribution in [-0.2, 0) is 11.2 Å². The van der Waals surface area contributed by atoms with Crippen LogP contribution in [0.3, 0.4) is 0 Å². The topological polar surface area (TPSA) is 99.1 Å². The van der Waals surface area contributed by atoms with Crippen LogP contribution in [0.4, 0.5) is 5.82 Å². The Balaban J connectivity index is 1.46. The maximum atomic E-state index is 10.4. The van der Waals surface area contributed by atoms with Crippen molar-refractivity contribution in [3.8, 4) is 0 Å². The van der Waals surface area contributed by atoms with Gasteiger partial charge in [-0.3, -0.25) is 4.98 Å². The highest BCUT2D eigenvalue weighted by molar-refractivity contribution is 5.86. The Labute approximate surface area is 192 Å². The average Bonchev–Trinajstić information content (AvgIpc) is 3.35. The SMILES string of the molecule is Cc1cc(CCC2=C[C@@H](n3ccc4c(N)ncnc43)C[C@@H]2OC(C)(C)O)c2cnccc2c1. The van der Waals surface area contributed by atoms with Gasteiger partial charge >= 0.3 is 0 Å². The number of benzene rings is 1. The van der Waals surface area contributed by atoms with E-state index < -0.39 is 5.79 Å². The number of aryl methyl sites for hydroxylation is 2. The lowest BCUT2D eigenvalue weighted by molar-refractivity contribution is -0.197. The number of fused-ring (bicyclic) bond motifs is 2. The smallest absolute Gasteiger partial charge is 0.160 e. The van der Waals surface area contributed by atoms with E-state index in [1.807, 2.05) is 24.7 Å². The number of pyridine rings is 1. The number of aliphatic hydroxyl groups is 1. The summed E-state index contributed by atoms with van der Waals surface area (Å²) >= 11 is 0. The Kier molecular flexibility index (Phi) is 5.38. The summed E-state index contributed by atoms with van der Waals surface area (Å²) < 4.78 is 8.20. The van der Waals surface area contributed by atoms with Crippen molar-refractivity contribution in [1.29, 1.82) is 0 Å². The molecule has 0 amide bonds. The van der Waals surface area contributed by atoms with Gasteiger partial charge in [-0.25, -0.2) is 9.97 Å². The number of ether oxygens (including phenoxy) is 1. The van der Waals surface area contributed by atoms with E-state index in [1.54, 1.807) is 13.8 Å². The first-order chi connectivity index (χ1) is 15.8. The van der Waals surface area contributed by atoms with E-state index in [2.05, 4.69) is 50.7 Å². The van der Waals surface area contributed by atoms with Crippen LogP contribution in [0.15, 0.2) is 60.8 Å². The fraction of sp³-hybridized carbons (Fsp3) is 0.346. The molecule has 1 aliphatic rings. The fourth-order valence-electron chi connectivity index (χ4n) is 4.89. The lowest BCUT2D eigenvalue weighted by Gasteiger charge is -2.26. The summed E-state index contributed by atoms with van der Waals surface area (Å²) in [5.41, 5.74) is 10.5. The van der Waals surface area contributed by atoms with Crippen LogP contribution in [0.5, 0.6) is 0 Å². The molecule has 3 heterocycles. The lowest BCUT2D eigenvalue weighted by Crippen LogP contribution is -2.30. The van der Waals surface area contributed by atoms with Gasteiger partial charge in [-0.1, -0.05) is 23.8 Å². The number of allylic oxidation sites excluding steroid dienone is 1. The van der Waals surface area contributed by atoms with Crippen LogP contribution >= 0.6 is 0 Å². The van der Waals surface area contributed by atoms with Crippen molar-refractivity contribution >= 4 is 27.6 Å². The largest absolute Gasteiger partial charge is 0.383 e. The van der Waals surface area contributed by atoms with Crippen molar-refractivity contribution in [3.05, 3.63) is 72.0 Å². The maximum absolute atomic E-state index is 10.4. The highest BCUT2D eigenvalue weighted by atomic mass is 16.6. The number of aromatic nitrogens is 4. The summed E-state index contributed by atoms with van der Waals surface area (Å²) in [5, 5.41) is 13.6. The Morgan fingerprint density at radius 2 is 2.03 bits per heavy atom. The number of anilines is 1. The van der Waals surface area contributed by atoms with Gasteiger partial charge in [0.1, 0.15) is 17.8 Å². The Hall–Kier alpha value is -3.29. The minimum Gasteiger partial charge on any atom is -0.383 e. The summed E-state index contributed by atoms with van der Waals surface area (Å²) in [7, 11) is 0. The molecule has 2 atom stereocenters. The van der Waals surface area contributed by atoms with Gasteiger partial charge in [0.15, 0.2) is 5.79 Å². The summed E-state index contributed by atoms with van der Waals surface area (Å²) in [6.45, 7) is 5.48. The molecule has 3 aromatic heterocycles. The predicted octanol–water partition coefficient (Wildman–Crippen LogP) is 4.49. The second-order valence-electron chi connectivity index (χ2n) is 9.34. The van der Waals surface area contributed by atoms with Crippen LogP contribution in [0, 0.1) is 6.92 Å². The third kappa shape index (κ3) is 4.34. The molecule has 33 heavy (non-hydrogen) atoms. The van der Waals surface area contributed by atoms with Gasteiger partial charge in [0.05, 0.1) is 17.5 Å². The third-order valence-electron chi connectivity index (χ3n) is 6.27. The van der Waals surface area contributed by atoms with Crippen molar-refractivity contribution in [1.82, 2.24) is 19.5 Å². The zero-order chi connectivity index (χ0) is 23.2. The zero-order valence-electron chi connectivity index (χ0n) is 19.2. The van der Waals surface area contributed by atoms with E-state index in [1.165, 1.54) is 33.8 Å². The number of nitrogens with two attached hydrogens (primary N) is 1. The lowest BCUT2D eigenvalue weighted by atomic mass is 9.97. The Morgan fingerprint density at radius 3 is 2.85 bits per heavy atom. The number of nitrogen functional groups attached to an aromatic ring is 1. The first-order valence-corrected chi connectivity index (χ1v) is 11.3. The number of nitrogens with zero attached hydrogens (tertiary/aromatic N) is 4. The van der Waals surface area contributed by atoms with Crippen LogP contribution in [0.1, 0.15) is 43.9 Å². The summed E-state index contributed by atoms with van der Waals surface area (Å²) in [5.74, 6) is -0.741. The standard InChI is InChI=1S/C26H29N5O2/c1-16-10-17(22-14-28-8-6-18(22)11-16)4-5-19-12-20(13-23(19)33-26(2,3)32)31-9-7-21-24(27)29-15-30-25(21)31/h6-12,14-15,20,23,32H,4-5,13H2,1-3H3,(H2,27,29,30)/t20-,23+/m1/s1. The molecular formula is C26H29N5O2. The molecule has 1 aliphatic carbocycles. The summed E-state index contributed by atoms with van der Waals surface area (Å²) in [6, 6.07) is 8.50. The second kappa shape index (κ2) is 8.24. The van der Waals surface area contributed by atoms with Crippen molar-refractivity contribution in [2.24, 2.45) is 0 Å². The summed E-state index contributed by atoms with van der Waals surface area (Å²) in [6.07, 6.45) is 11.8. The molecule has 4 aromatic rings. The molecule has 7 nitrogen and oxygen atoms in total. The van der Waals surface area contributed by atoms with Crippen LogP contribution < -0.4 is 5.73 Å². The van der Waals surface area contributed by atoms with Gasteiger partial charge in [0.2, 0.25) is 0 Å². The molecule has 0 bridgehead atoms. The van der Waals surface area contributed by atoms with Crippen molar-refractivity contribution in [2.75, 3.05) is 5.73 Å². The Bertz CT molecular complexity index is 1350. The van der Waals surface area contributed by atoms with Gasteiger partial charge in [0, 0.05) is 30.4 Å². The molecule has 0 unspecified atom stereocenters. The molecule has 0 radical (unpaired) electrons. The van der Waals surface area contributed by atoms with E-state index in [-0.39, 0.29) is 12.1 Å². The number of rotatable bonds is 6. The second-order valence-corrected chi connectivity index (χ2v) is 9.34. The van der Waals surface area contributed by atoms with Gasteiger partial charge in [-0.15, -0.1) is 0 Å². The monoisotopic (exact) mass is 443 g/mol. The number of hydrogen-bond donors (Lipinski definition) is 2. The Morgan fingerprint density at radius 1 is 1.18 bits per heavy atom. The van der Waals surface area contributed by atoms with Crippen molar-refractivity contribution in [2.45, 2.75) is 58.0 Å². The van der Waals surface area contributed by atoms with Crippen LogP contribution in [0.25, 0.3) is 21.8 Å². The molecule has 170 valence electrons. The molecule has 1 aromatic carbocycles. The van der Waals surface area contributed by atoms with E-state index >= 15 is 0 Å². The van der Waals surface area contributed by atoms with E-state index in [4.69, 9.17) is 10.5 Å². The van der Waals surface area contributed by atoms with E-state index in [9.17, 15) is 5.11 Å². The van der Waals surface area contributed by atoms with Crippen molar-refractivity contribution < 1.29 is 9.84 Å².